The zero-order valence-electron chi connectivity index (χ0n) is 11.3. The third-order valence-corrected chi connectivity index (χ3v) is 4.88. The third-order valence-electron chi connectivity index (χ3n) is 3.88. The molecule has 1 N–H and O–H groups in total. The fourth-order valence-corrected chi connectivity index (χ4v) is 4.05. The highest BCUT2D eigenvalue weighted by molar-refractivity contribution is 7.10. The zero-order chi connectivity index (χ0) is 12.3. The number of nitrogens with one attached hydrogen (secondary N) is 1. The number of fused-ring (bicyclic) bond motifs is 1. The van der Waals surface area contributed by atoms with Crippen molar-refractivity contribution in [2.75, 3.05) is 6.54 Å². The van der Waals surface area contributed by atoms with Crippen molar-refractivity contribution < 1.29 is 0 Å². The molecule has 1 aromatic rings. The molecule has 2 unspecified atom stereocenters. The van der Waals surface area contributed by atoms with Crippen molar-refractivity contribution in [3.63, 3.8) is 0 Å². The maximum atomic E-state index is 3.77. The molecule has 1 heterocycles. The Morgan fingerprint density at radius 3 is 3.00 bits per heavy atom. The minimum absolute atomic E-state index is 0.656. The van der Waals surface area contributed by atoms with Crippen LogP contribution in [0.15, 0.2) is 11.4 Å². The lowest BCUT2D eigenvalue weighted by molar-refractivity contribution is 0.319. The van der Waals surface area contributed by atoms with Crippen molar-refractivity contribution in [3.05, 3.63) is 21.9 Å². The van der Waals surface area contributed by atoms with E-state index in [0.717, 1.165) is 18.4 Å². The van der Waals surface area contributed by atoms with Gasteiger partial charge in [0.05, 0.1) is 0 Å². The van der Waals surface area contributed by atoms with Gasteiger partial charge in [0.15, 0.2) is 0 Å². The first-order valence-electron chi connectivity index (χ1n) is 7.03. The summed E-state index contributed by atoms with van der Waals surface area (Å²) < 4.78 is 0. The average molecular weight is 251 g/mol. The Labute approximate surface area is 110 Å². The Bertz CT molecular complexity index is 342. The van der Waals surface area contributed by atoms with Crippen molar-refractivity contribution in [2.24, 2.45) is 5.92 Å². The summed E-state index contributed by atoms with van der Waals surface area (Å²) in [5.41, 5.74) is 1.64. The second kappa shape index (κ2) is 6.01. The van der Waals surface area contributed by atoms with E-state index in [1.165, 1.54) is 25.7 Å². The van der Waals surface area contributed by atoms with Crippen molar-refractivity contribution >= 4 is 11.3 Å². The van der Waals surface area contributed by atoms with Gasteiger partial charge in [-0.05, 0) is 55.2 Å². The fourth-order valence-electron chi connectivity index (χ4n) is 3.05. The van der Waals surface area contributed by atoms with Crippen LogP contribution in [0.2, 0.25) is 0 Å². The fraction of sp³-hybridized carbons (Fsp3) is 0.733. The molecule has 1 nitrogen and oxygen atoms in total. The summed E-state index contributed by atoms with van der Waals surface area (Å²) in [5.74, 6) is 1.47. The van der Waals surface area contributed by atoms with Crippen molar-refractivity contribution in [3.8, 4) is 0 Å². The summed E-state index contributed by atoms with van der Waals surface area (Å²) in [6.07, 6.45) is 5.27. The molecule has 0 aliphatic heterocycles. The second-order valence-corrected chi connectivity index (χ2v) is 6.52. The molecule has 0 bridgehead atoms. The highest BCUT2D eigenvalue weighted by Gasteiger charge is 2.29. The normalized spacial score (nSPS) is 21.5. The van der Waals surface area contributed by atoms with E-state index in [9.17, 15) is 0 Å². The van der Waals surface area contributed by atoms with Crippen LogP contribution in [0, 0.1) is 5.92 Å². The molecule has 2 atom stereocenters. The quantitative estimate of drug-likeness (QED) is 0.827. The molecule has 1 aromatic heterocycles. The molecule has 1 aliphatic rings. The molecule has 96 valence electrons. The van der Waals surface area contributed by atoms with Gasteiger partial charge in [-0.15, -0.1) is 11.3 Å². The summed E-state index contributed by atoms with van der Waals surface area (Å²) in [6.45, 7) is 8.11. The Hall–Kier alpha value is -0.340. The Balaban J connectivity index is 2.15. The van der Waals surface area contributed by atoms with Gasteiger partial charge >= 0.3 is 0 Å². The van der Waals surface area contributed by atoms with Crippen molar-refractivity contribution in [1.82, 2.24) is 5.32 Å². The highest BCUT2D eigenvalue weighted by Crippen LogP contribution is 2.38. The minimum atomic E-state index is 0.656. The van der Waals surface area contributed by atoms with Crippen LogP contribution in [0.4, 0.5) is 0 Å². The van der Waals surface area contributed by atoms with Crippen LogP contribution in [0.25, 0.3) is 0 Å². The number of hydrogen-bond donors (Lipinski definition) is 1. The predicted molar refractivity (Wildman–Crippen MR) is 76.9 cm³/mol. The lowest BCUT2D eigenvalue weighted by atomic mass is 9.78. The average Bonchev–Trinajstić information content (AvgIpc) is 2.77. The summed E-state index contributed by atoms with van der Waals surface area (Å²) in [4.78, 5) is 1.64. The maximum absolute atomic E-state index is 3.77. The first kappa shape index (κ1) is 13.1. The molecular weight excluding hydrogens is 226 g/mol. The van der Waals surface area contributed by atoms with Crippen LogP contribution >= 0.6 is 11.3 Å². The smallest absolute Gasteiger partial charge is 0.0159 e. The molecule has 0 radical (unpaired) electrons. The summed E-state index contributed by atoms with van der Waals surface area (Å²) in [7, 11) is 0. The maximum Gasteiger partial charge on any atom is 0.0159 e. The molecule has 1 aliphatic carbocycles. The van der Waals surface area contributed by atoms with Gasteiger partial charge in [-0.2, -0.15) is 0 Å². The van der Waals surface area contributed by atoms with E-state index in [1.54, 1.807) is 10.4 Å². The molecule has 2 rings (SSSR count). The number of hydrogen-bond acceptors (Lipinski definition) is 2. The highest BCUT2D eigenvalue weighted by atomic mass is 32.1. The molecule has 0 saturated carbocycles. The van der Waals surface area contributed by atoms with E-state index >= 15 is 0 Å². The first-order valence-corrected chi connectivity index (χ1v) is 7.91. The SMILES string of the molecule is CCCNC(C(C)C)C1CCCc2sccc21. The van der Waals surface area contributed by atoms with Gasteiger partial charge in [0.1, 0.15) is 0 Å². The monoisotopic (exact) mass is 251 g/mol. The zero-order valence-corrected chi connectivity index (χ0v) is 12.1. The lowest BCUT2D eigenvalue weighted by Crippen LogP contribution is -2.40. The van der Waals surface area contributed by atoms with Crippen LogP contribution in [-0.2, 0) is 6.42 Å². The van der Waals surface area contributed by atoms with E-state index in [4.69, 9.17) is 0 Å². The lowest BCUT2D eigenvalue weighted by Gasteiger charge is -2.34. The van der Waals surface area contributed by atoms with E-state index in [1.807, 2.05) is 11.3 Å². The number of aryl methyl sites for hydroxylation is 1. The molecular formula is C15H25NS. The Kier molecular flexibility index (Phi) is 4.63. The summed E-state index contributed by atoms with van der Waals surface area (Å²) in [6, 6.07) is 3.02. The predicted octanol–water partition coefficient (Wildman–Crippen LogP) is 4.19. The largest absolute Gasteiger partial charge is 0.313 e. The van der Waals surface area contributed by atoms with Gasteiger partial charge in [0.2, 0.25) is 0 Å². The number of thiophene rings is 1. The van der Waals surface area contributed by atoms with Crippen LogP contribution in [0.5, 0.6) is 0 Å². The van der Waals surface area contributed by atoms with E-state index in [2.05, 4.69) is 37.5 Å². The Morgan fingerprint density at radius 2 is 2.29 bits per heavy atom. The molecule has 0 spiro atoms. The standard InChI is InChI=1S/C15H25NS/c1-4-9-16-15(11(2)3)13-6-5-7-14-12(13)8-10-17-14/h8,10-11,13,15-16H,4-7,9H2,1-3H3. The van der Waals surface area contributed by atoms with Crippen LogP contribution in [0.3, 0.4) is 0 Å². The topological polar surface area (TPSA) is 12.0 Å². The van der Waals surface area contributed by atoms with Crippen LogP contribution < -0.4 is 5.32 Å². The molecule has 0 amide bonds. The third kappa shape index (κ3) is 2.92. The van der Waals surface area contributed by atoms with Gasteiger partial charge in [0, 0.05) is 16.8 Å². The molecule has 0 aromatic carbocycles. The molecule has 2 heteroatoms. The summed E-state index contributed by atoms with van der Waals surface area (Å²) in [5, 5.41) is 6.05. The van der Waals surface area contributed by atoms with Gasteiger partial charge < -0.3 is 5.32 Å². The van der Waals surface area contributed by atoms with Crippen molar-refractivity contribution in [1.29, 1.82) is 0 Å². The number of rotatable bonds is 5. The molecule has 0 saturated heterocycles. The molecule has 17 heavy (non-hydrogen) atoms. The summed E-state index contributed by atoms with van der Waals surface area (Å²) >= 11 is 1.95. The van der Waals surface area contributed by atoms with Crippen molar-refractivity contribution in [2.45, 2.75) is 58.4 Å². The Morgan fingerprint density at radius 1 is 1.47 bits per heavy atom. The van der Waals surface area contributed by atoms with Gasteiger partial charge in [-0.25, -0.2) is 0 Å². The minimum Gasteiger partial charge on any atom is -0.313 e. The van der Waals surface area contributed by atoms with Crippen LogP contribution in [0.1, 0.15) is 56.4 Å². The van der Waals surface area contributed by atoms with E-state index in [-0.39, 0.29) is 0 Å². The van der Waals surface area contributed by atoms with Gasteiger partial charge in [-0.3, -0.25) is 0 Å². The van der Waals surface area contributed by atoms with Gasteiger partial charge in [0.25, 0.3) is 0 Å². The van der Waals surface area contributed by atoms with E-state index in [0.29, 0.717) is 6.04 Å². The van der Waals surface area contributed by atoms with Gasteiger partial charge in [-0.1, -0.05) is 20.8 Å². The van der Waals surface area contributed by atoms with E-state index < -0.39 is 0 Å². The molecule has 0 fully saturated rings. The first-order chi connectivity index (χ1) is 8.24. The van der Waals surface area contributed by atoms with Crippen LogP contribution in [-0.4, -0.2) is 12.6 Å². The second-order valence-electron chi connectivity index (χ2n) is 5.52.